The van der Waals surface area contributed by atoms with Crippen molar-refractivity contribution in [2.45, 2.75) is 13.3 Å². The van der Waals surface area contributed by atoms with Crippen molar-refractivity contribution in [2.75, 3.05) is 13.6 Å². The number of amides is 1. The van der Waals surface area contributed by atoms with Crippen LogP contribution in [0.25, 0.3) is 10.6 Å². The zero-order chi connectivity index (χ0) is 16.3. The van der Waals surface area contributed by atoms with Crippen LogP contribution < -0.4 is 0 Å². The highest BCUT2D eigenvalue weighted by Gasteiger charge is 2.20. The van der Waals surface area contributed by atoms with Crippen LogP contribution in [0.3, 0.4) is 0 Å². The molecular formula is C15H15ClN2O3S. The molecule has 0 spiro atoms. The first-order valence-electron chi connectivity index (χ1n) is 6.59. The van der Waals surface area contributed by atoms with E-state index in [-0.39, 0.29) is 18.9 Å². The fourth-order valence-corrected chi connectivity index (χ4v) is 3.04. The molecule has 0 aliphatic heterocycles. The number of hydrogen-bond acceptors (Lipinski definition) is 4. The van der Waals surface area contributed by atoms with Crippen molar-refractivity contribution in [3.05, 3.63) is 39.9 Å². The molecule has 1 amide bonds. The maximum Gasteiger partial charge on any atom is 0.305 e. The van der Waals surface area contributed by atoms with E-state index in [9.17, 15) is 9.59 Å². The predicted octanol–water partition coefficient (Wildman–Crippen LogP) is 3.32. The average Bonchev–Trinajstić information content (AvgIpc) is 2.86. The first-order chi connectivity index (χ1) is 10.4. The summed E-state index contributed by atoms with van der Waals surface area (Å²) in [4.78, 5) is 29.3. The van der Waals surface area contributed by atoms with Gasteiger partial charge in [-0.2, -0.15) is 0 Å². The van der Waals surface area contributed by atoms with Gasteiger partial charge in [0, 0.05) is 24.2 Å². The Morgan fingerprint density at radius 1 is 1.32 bits per heavy atom. The van der Waals surface area contributed by atoms with Crippen LogP contribution >= 0.6 is 22.9 Å². The van der Waals surface area contributed by atoms with Gasteiger partial charge < -0.3 is 10.0 Å². The van der Waals surface area contributed by atoms with Crippen molar-refractivity contribution in [2.24, 2.45) is 0 Å². The largest absolute Gasteiger partial charge is 0.481 e. The van der Waals surface area contributed by atoms with Crippen molar-refractivity contribution in [3.8, 4) is 10.6 Å². The predicted molar refractivity (Wildman–Crippen MR) is 86.5 cm³/mol. The van der Waals surface area contributed by atoms with Crippen LogP contribution in [0.15, 0.2) is 24.3 Å². The minimum absolute atomic E-state index is 0.0792. The SMILES string of the molecule is Cc1nc(-c2ccc(Cl)cc2)sc1C(=O)N(C)CCC(=O)O. The summed E-state index contributed by atoms with van der Waals surface area (Å²) in [7, 11) is 1.59. The molecule has 0 aliphatic rings. The van der Waals surface area contributed by atoms with Crippen LogP contribution in [0.2, 0.25) is 5.02 Å². The molecule has 22 heavy (non-hydrogen) atoms. The third-order valence-electron chi connectivity index (χ3n) is 3.09. The lowest BCUT2D eigenvalue weighted by molar-refractivity contribution is -0.137. The Bertz CT molecular complexity index is 697. The highest BCUT2D eigenvalue weighted by Crippen LogP contribution is 2.29. The number of rotatable bonds is 5. The summed E-state index contributed by atoms with van der Waals surface area (Å²) in [6.07, 6.45) is -0.0792. The highest BCUT2D eigenvalue weighted by molar-refractivity contribution is 7.17. The van der Waals surface area contributed by atoms with Gasteiger partial charge in [-0.15, -0.1) is 11.3 Å². The molecule has 1 heterocycles. The van der Waals surface area contributed by atoms with Crippen molar-refractivity contribution in [3.63, 3.8) is 0 Å². The summed E-state index contributed by atoms with van der Waals surface area (Å²) in [5.74, 6) is -1.14. The maximum absolute atomic E-state index is 12.4. The Morgan fingerprint density at radius 3 is 2.55 bits per heavy atom. The summed E-state index contributed by atoms with van der Waals surface area (Å²) in [6.45, 7) is 1.94. The van der Waals surface area contributed by atoms with Gasteiger partial charge in [0.2, 0.25) is 0 Å². The lowest BCUT2D eigenvalue weighted by Crippen LogP contribution is -2.28. The molecule has 5 nitrogen and oxygen atoms in total. The second-order valence-corrected chi connectivity index (χ2v) is 6.25. The fraction of sp³-hybridized carbons (Fsp3) is 0.267. The van der Waals surface area contributed by atoms with Gasteiger partial charge in [0.25, 0.3) is 5.91 Å². The van der Waals surface area contributed by atoms with E-state index < -0.39 is 5.97 Å². The van der Waals surface area contributed by atoms with E-state index in [2.05, 4.69) is 4.98 Å². The molecule has 0 bridgehead atoms. The smallest absolute Gasteiger partial charge is 0.305 e. The molecule has 116 valence electrons. The molecule has 2 rings (SSSR count). The summed E-state index contributed by atoms with van der Waals surface area (Å²) in [5, 5.41) is 10.1. The Morgan fingerprint density at radius 2 is 1.95 bits per heavy atom. The Kier molecular flexibility index (Phi) is 5.15. The van der Waals surface area contributed by atoms with E-state index in [1.54, 1.807) is 26.1 Å². The minimum Gasteiger partial charge on any atom is -0.481 e. The van der Waals surface area contributed by atoms with E-state index in [0.29, 0.717) is 15.6 Å². The summed E-state index contributed by atoms with van der Waals surface area (Å²) >= 11 is 7.16. The molecule has 0 saturated heterocycles. The molecule has 0 radical (unpaired) electrons. The third kappa shape index (κ3) is 3.84. The topological polar surface area (TPSA) is 70.5 Å². The third-order valence-corrected chi connectivity index (χ3v) is 4.54. The van der Waals surface area contributed by atoms with Gasteiger partial charge in [-0.25, -0.2) is 4.98 Å². The Hall–Kier alpha value is -1.92. The Labute approximate surface area is 137 Å². The number of benzene rings is 1. The van der Waals surface area contributed by atoms with Crippen LogP contribution in [-0.4, -0.2) is 40.5 Å². The van der Waals surface area contributed by atoms with Gasteiger partial charge in [0.05, 0.1) is 12.1 Å². The molecule has 0 unspecified atom stereocenters. The van der Waals surface area contributed by atoms with Crippen molar-refractivity contribution < 1.29 is 14.7 Å². The van der Waals surface area contributed by atoms with Crippen LogP contribution in [0.4, 0.5) is 0 Å². The molecule has 2 aromatic rings. The number of carboxylic acid groups (broad SMARTS) is 1. The Balaban J connectivity index is 2.20. The fourth-order valence-electron chi connectivity index (χ4n) is 1.85. The first kappa shape index (κ1) is 16.5. The van der Waals surface area contributed by atoms with Crippen molar-refractivity contribution in [1.82, 2.24) is 9.88 Å². The zero-order valence-electron chi connectivity index (χ0n) is 12.2. The molecule has 7 heteroatoms. The van der Waals surface area contributed by atoms with Crippen molar-refractivity contribution in [1.29, 1.82) is 0 Å². The number of carbonyl (C=O) groups excluding carboxylic acids is 1. The number of nitrogens with zero attached hydrogens (tertiary/aromatic N) is 2. The van der Waals surface area contributed by atoms with E-state index in [4.69, 9.17) is 16.7 Å². The first-order valence-corrected chi connectivity index (χ1v) is 7.78. The molecule has 1 aromatic carbocycles. The summed E-state index contributed by atoms with van der Waals surface area (Å²) in [6, 6.07) is 7.24. The van der Waals surface area contributed by atoms with Gasteiger partial charge in [-0.3, -0.25) is 9.59 Å². The number of hydrogen-bond donors (Lipinski definition) is 1. The van der Waals surface area contributed by atoms with Crippen LogP contribution in [0.1, 0.15) is 21.8 Å². The molecule has 0 saturated carbocycles. The average molecular weight is 339 g/mol. The standard InChI is InChI=1S/C15H15ClN2O3S/c1-9-13(15(21)18(2)8-7-12(19)20)22-14(17-9)10-3-5-11(16)6-4-10/h3-6H,7-8H2,1-2H3,(H,19,20). The van der Waals surface area contributed by atoms with E-state index in [1.807, 2.05) is 12.1 Å². The van der Waals surface area contributed by atoms with Gasteiger partial charge in [0.15, 0.2) is 0 Å². The number of carboxylic acids is 1. The van der Waals surface area contributed by atoms with E-state index in [1.165, 1.54) is 16.2 Å². The normalized spacial score (nSPS) is 10.5. The van der Waals surface area contributed by atoms with Crippen LogP contribution in [0, 0.1) is 6.92 Å². The van der Waals surface area contributed by atoms with Crippen molar-refractivity contribution >= 4 is 34.8 Å². The molecule has 0 atom stereocenters. The molecular weight excluding hydrogens is 324 g/mol. The van der Waals surface area contributed by atoms with Crippen LogP contribution in [0.5, 0.6) is 0 Å². The summed E-state index contributed by atoms with van der Waals surface area (Å²) < 4.78 is 0. The number of aromatic nitrogens is 1. The number of halogens is 1. The second-order valence-electron chi connectivity index (χ2n) is 4.81. The maximum atomic E-state index is 12.4. The van der Waals surface area contributed by atoms with Gasteiger partial charge >= 0.3 is 5.97 Å². The van der Waals surface area contributed by atoms with Gasteiger partial charge in [-0.05, 0) is 19.1 Å². The van der Waals surface area contributed by atoms with E-state index in [0.717, 1.165) is 10.6 Å². The zero-order valence-corrected chi connectivity index (χ0v) is 13.7. The molecule has 0 aliphatic carbocycles. The van der Waals surface area contributed by atoms with E-state index >= 15 is 0 Å². The number of aliphatic carboxylic acids is 1. The quantitative estimate of drug-likeness (QED) is 0.907. The van der Waals surface area contributed by atoms with Gasteiger partial charge in [0.1, 0.15) is 9.88 Å². The molecule has 1 aromatic heterocycles. The second kappa shape index (κ2) is 6.89. The number of aryl methyl sites for hydroxylation is 1. The molecule has 0 fully saturated rings. The monoisotopic (exact) mass is 338 g/mol. The highest BCUT2D eigenvalue weighted by atomic mass is 35.5. The molecule has 1 N–H and O–H groups in total. The van der Waals surface area contributed by atoms with Crippen LogP contribution in [-0.2, 0) is 4.79 Å². The summed E-state index contributed by atoms with van der Waals surface area (Å²) in [5.41, 5.74) is 1.53. The minimum atomic E-state index is -0.928. The lowest BCUT2D eigenvalue weighted by atomic mass is 10.2. The van der Waals surface area contributed by atoms with Gasteiger partial charge in [-0.1, -0.05) is 23.7 Å². The lowest BCUT2D eigenvalue weighted by Gasteiger charge is -2.14. The number of carbonyl (C=O) groups is 2. The number of thiazole rings is 1.